The van der Waals surface area contributed by atoms with E-state index < -0.39 is 21.6 Å². The number of hydrogen-bond donors (Lipinski definition) is 1. The Bertz CT molecular complexity index is 942. The maximum Gasteiger partial charge on any atom is 0.324 e. The number of sulfonamides is 1. The van der Waals surface area contributed by atoms with Crippen molar-refractivity contribution in [2.45, 2.75) is 49.5 Å². The van der Waals surface area contributed by atoms with Gasteiger partial charge >= 0.3 is 12.0 Å². The van der Waals surface area contributed by atoms with Crippen molar-refractivity contribution in [3.63, 3.8) is 0 Å². The van der Waals surface area contributed by atoms with Gasteiger partial charge in [-0.05, 0) is 49.8 Å². The molecule has 1 aromatic carbocycles. The van der Waals surface area contributed by atoms with E-state index in [0.29, 0.717) is 19.4 Å². The minimum atomic E-state index is -3.72. The van der Waals surface area contributed by atoms with Crippen molar-refractivity contribution in [3.8, 4) is 0 Å². The molecule has 1 unspecified atom stereocenters. The Balaban J connectivity index is 1.72. The lowest BCUT2D eigenvalue weighted by Crippen LogP contribution is -2.64. The van der Waals surface area contributed by atoms with Gasteiger partial charge in [0.05, 0.1) is 24.0 Å². The summed E-state index contributed by atoms with van der Waals surface area (Å²) < 4.78 is 32.5. The van der Waals surface area contributed by atoms with Crippen molar-refractivity contribution in [3.05, 3.63) is 29.8 Å². The Morgan fingerprint density at radius 3 is 2.55 bits per heavy atom. The van der Waals surface area contributed by atoms with Gasteiger partial charge in [-0.15, -0.1) is 0 Å². The Hall–Kier alpha value is -2.46. The van der Waals surface area contributed by atoms with Gasteiger partial charge in [0.15, 0.2) is 0 Å². The predicted molar refractivity (Wildman–Crippen MR) is 113 cm³/mol. The minimum absolute atomic E-state index is 0.142. The first kappa shape index (κ1) is 23.2. The molecule has 0 radical (unpaired) electrons. The van der Waals surface area contributed by atoms with Crippen molar-refractivity contribution in [1.29, 1.82) is 0 Å². The highest BCUT2D eigenvalue weighted by atomic mass is 32.2. The molecular formula is C21H29N3O6S. The van der Waals surface area contributed by atoms with Crippen LogP contribution in [0.1, 0.15) is 38.2 Å². The van der Waals surface area contributed by atoms with Crippen LogP contribution >= 0.6 is 0 Å². The average Bonchev–Trinajstić information content (AvgIpc) is 2.76. The number of methoxy groups -OCH3 is 1. The Labute approximate surface area is 182 Å². The number of aryl methyl sites for hydroxylation is 1. The Kier molecular flexibility index (Phi) is 6.70. The van der Waals surface area contributed by atoms with Crippen LogP contribution in [0.25, 0.3) is 0 Å². The molecule has 2 fully saturated rings. The highest BCUT2D eigenvalue weighted by Gasteiger charge is 2.46. The summed E-state index contributed by atoms with van der Waals surface area (Å²) in [5, 5.41) is 2.90. The highest BCUT2D eigenvalue weighted by Crippen LogP contribution is 2.34. The first-order valence-corrected chi connectivity index (χ1v) is 11.8. The van der Waals surface area contributed by atoms with Gasteiger partial charge in [0.25, 0.3) is 0 Å². The molecule has 9 nitrogen and oxygen atoms in total. The van der Waals surface area contributed by atoms with E-state index in [4.69, 9.17) is 0 Å². The molecule has 2 saturated heterocycles. The molecule has 0 bridgehead atoms. The number of nitrogens with one attached hydrogen (secondary N) is 1. The molecule has 0 saturated carbocycles. The monoisotopic (exact) mass is 451 g/mol. The Morgan fingerprint density at radius 1 is 1.26 bits per heavy atom. The zero-order chi connectivity index (χ0) is 22.8. The number of rotatable bonds is 6. The average molecular weight is 452 g/mol. The maximum absolute atomic E-state index is 13.2. The topological polar surface area (TPSA) is 113 Å². The van der Waals surface area contributed by atoms with Crippen LogP contribution in [0.2, 0.25) is 0 Å². The largest absolute Gasteiger partial charge is 0.469 e. The molecule has 0 aliphatic carbocycles. The number of carbonyl (C=O) groups excluding carboxylic acids is 3. The second-order valence-electron chi connectivity index (χ2n) is 8.40. The Morgan fingerprint density at radius 2 is 1.94 bits per heavy atom. The van der Waals surface area contributed by atoms with Gasteiger partial charge in [0.2, 0.25) is 15.9 Å². The van der Waals surface area contributed by atoms with Gasteiger partial charge in [-0.2, -0.15) is 4.31 Å². The molecule has 170 valence electrons. The van der Waals surface area contributed by atoms with Gasteiger partial charge in [-0.1, -0.05) is 12.1 Å². The summed E-state index contributed by atoms with van der Waals surface area (Å²) in [6.07, 6.45) is 2.22. The molecule has 1 aromatic rings. The van der Waals surface area contributed by atoms with Gasteiger partial charge in [0.1, 0.15) is 0 Å². The predicted octanol–water partition coefficient (Wildman–Crippen LogP) is 1.52. The van der Waals surface area contributed by atoms with Crippen LogP contribution in [-0.2, 0) is 30.8 Å². The number of benzene rings is 1. The van der Waals surface area contributed by atoms with Crippen LogP contribution in [0.3, 0.4) is 0 Å². The number of amides is 3. The van der Waals surface area contributed by atoms with E-state index in [1.807, 2.05) is 6.92 Å². The van der Waals surface area contributed by atoms with E-state index >= 15 is 0 Å². The third kappa shape index (κ3) is 4.90. The van der Waals surface area contributed by atoms with Gasteiger partial charge in [-0.25, -0.2) is 13.2 Å². The quantitative estimate of drug-likeness (QED) is 0.656. The second kappa shape index (κ2) is 8.96. The molecule has 2 aliphatic heterocycles. The molecule has 1 N–H and O–H groups in total. The maximum atomic E-state index is 13.2. The van der Waals surface area contributed by atoms with Crippen molar-refractivity contribution >= 4 is 27.9 Å². The van der Waals surface area contributed by atoms with E-state index in [0.717, 1.165) is 16.9 Å². The molecule has 2 atom stereocenters. The summed E-state index contributed by atoms with van der Waals surface area (Å²) in [5.74, 6) is -0.755. The van der Waals surface area contributed by atoms with Crippen LogP contribution in [0.4, 0.5) is 4.79 Å². The molecule has 0 aromatic heterocycles. The third-order valence-corrected chi connectivity index (χ3v) is 8.16. The fourth-order valence-corrected chi connectivity index (χ4v) is 5.69. The molecular weight excluding hydrogens is 422 g/mol. The van der Waals surface area contributed by atoms with E-state index in [-0.39, 0.29) is 42.1 Å². The lowest BCUT2D eigenvalue weighted by Gasteiger charge is -2.46. The number of esters is 1. The van der Waals surface area contributed by atoms with Crippen molar-refractivity contribution in [2.75, 3.05) is 27.2 Å². The zero-order valence-corrected chi connectivity index (χ0v) is 18.9. The van der Waals surface area contributed by atoms with E-state index in [1.54, 1.807) is 24.3 Å². The van der Waals surface area contributed by atoms with E-state index in [9.17, 15) is 22.8 Å². The molecule has 0 spiro atoms. The van der Waals surface area contributed by atoms with Gasteiger partial charge in [0, 0.05) is 26.6 Å². The smallest absolute Gasteiger partial charge is 0.324 e. The highest BCUT2D eigenvalue weighted by molar-refractivity contribution is 7.89. The summed E-state index contributed by atoms with van der Waals surface area (Å²) in [6.45, 7) is 2.44. The number of nitrogens with zero attached hydrogens (tertiary/aromatic N) is 2. The normalized spacial score (nSPS) is 25.3. The molecule has 2 aliphatic rings. The SMILES string of the molecule is COC(=O)CCc1ccc(S(=O)(=O)N2CCCC([C@]3(C)CC(=O)N(C)C(=O)N3)C2)cc1. The molecule has 3 rings (SSSR count). The van der Waals surface area contributed by atoms with Crippen LogP contribution in [-0.4, -0.2) is 68.3 Å². The first-order chi connectivity index (χ1) is 14.6. The lowest BCUT2D eigenvalue weighted by atomic mass is 9.77. The van der Waals surface area contributed by atoms with Crippen LogP contribution in [0, 0.1) is 5.92 Å². The number of imide groups is 1. The lowest BCUT2D eigenvalue weighted by molar-refractivity contribution is -0.140. The van der Waals surface area contributed by atoms with E-state index in [2.05, 4.69) is 10.1 Å². The number of piperidine rings is 1. The van der Waals surface area contributed by atoms with Crippen molar-refractivity contribution in [2.24, 2.45) is 5.92 Å². The molecule has 2 heterocycles. The van der Waals surface area contributed by atoms with Crippen LogP contribution in [0.5, 0.6) is 0 Å². The van der Waals surface area contributed by atoms with Crippen molar-refractivity contribution in [1.82, 2.24) is 14.5 Å². The minimum Gasteiger partial charge on any atom is -0.469 e. The van der Waals surface area contributed by atoms with Crippen LogP contribution < -0.4 is 5.32 Å². The molecule has 10 heteroatoms. The van der Waals surface area contributed by atoms with Gasteiger partial charge < -0.3 is 10.1 Å². The molecule has 31 heavy (non-hydrogen) atoms. The number of ether oxygens (including phenoxy) is 1. The third-order valence-electron chi connectivity index (χ3n) is 6.28. The molecule has 3 amide bonds. The zero-order valence-electron chi connectivity index (χ0n) is 18.1. The fraction of sp³-hybridized carbons (Fsp3) is 0.571. The number of urea groups is 1. The second-order valence-corrected chi connectivity index (χ2v) is 10.3. The standard InChI is InChI=1S/C21H29N3O6S/c1-21(13-18(25)23(2)20(27)22-21)16-5-4-12-24(14-16)31(28,29)17-9-6-15(7-10-17)8-11-19(26)30-3/h6-7,9-10,16H,4-5,8,11-14H2,1-3H3,(H,22,27)/t16?,21-/m0/s1. The summed E-state index contributed by atoms with van der Waals surface area (Å²) in [4.78, 5) is 36.9. The van der Waals surface area contributed by atoms with Crippen LogP contribution in [0.15, 0.2) is 29.2 Å². The summed E-state index contributed by atoms with van der Waals surface area (Å²) >= 11 is 0. The number of carbonyl (C=O) groups is 3. The summed E-state index contributed by atoms with van der Waals surface area (Å²) in [7, 11) is -0.952. The summed E-state index contributed by atoms with van der Waals surface area (Å²) in [5.41, 5.74) is 0.0630. The first-order valence-electron chi connectivity index (χ1n) is 10.3. The van der Waals surface area contributed by atoms with Crippen molar-refractivity contribution < 1.29 is 27.5 Å². The number of hydrogen-bond acceptors (Lipinski definition) is 6. The summed E-state index contributed by atoms with van der Waals surface area (Å²) in [6, 6.07) is 6.05. The fourth-order valence-electron chi connectivity index (χ4n) is 4.17. The van der Waals surface area contributed by atoms with Gasteiger partial charge in [-0.3, -0.25) is 14.5 Å². The van der Waals surface area contributed by atoms with E-state index in [1.165, 1.54) is 18.5 Å².